The fourth-order valence-electron chi connectivity index (χ4n) is 1.63. The van der Waals surface area contributed by atoms with Gasteiger partial charge in [0.2, 0.25) is 5.91 Å². The maximum Gasteiger partial charge on any atom is 0.243 e. The van der Waals surface area contributed by atoms with Crippen molar-refractivity contribution >= 4 is 34.0 Å². The average Bonchev–Trinajstić information content (AvgIpc) is 2.89. The number of nitrogens with zero attached hydrogens (tertiary/aromatic N) is 2. The van der Waals surface area contributed by atoms with Gasteiger partial charge in [-0.3, -0.25) is 9.69 Å². The SMILES string of the molecule is CCN(C(=O)CCl)c1nc(-c2ccc(F)cc2)cs1. The summed E-state index contributed by atoms with van der Waals surface area (Å²) >= 11 is 6.93. The summed E-state index contributed by atoms with van der Waals surface area (Å²) in [5.41, 5.74) is 1.54. The van der Waals surface area contributed by atoms with Gasteiger partial charge in [0.15, 0.2) is 5.13 Å². The van der Waals surface area contributed by atoms with Gasteiger partial charge >= 0.3 is 0 Å². The zero-order valence-electron chi connectivity index (χ0n) is 10.3. The van der Waals surface area contributed by atoms with E-state index in [2.05, 4.69) is 4.98 Å². The summed E-state index contributed by atoms with van der Waals surface area (Å²) in [6.07, 6.45) is 0. The second-order valence-corrected chi connectivity index (χ2v) is 4.90. The topological polar surface area (TPSA) is 33.2 Å². The maximum absolute atomic E-state index is 12.9. The first-order valence-electron chi connectivity index (χ1n) is 5.73. The van der Waals surface area contributed by atoms with Crippen molar-refractivity contribution in [2.75, 3.05) is 17.3 Å². The monoisotopic (exact) mass is 298 g/mol. The summed E-state index contributed by atoms with van der Waals surface area (Å²) in [5.74, 6) is -0.532. The number of thiazole rings is 1. The Labute approximate surface area is 119 Å². The molecule has 0 saturated carbocycles. The predicted octanol–water partition coefficient (Wildman–Crippen LogP) is 3.54. The number of amides is 1. The third-order valence-electron chi connectivity index (χ3n) is 2.59. The van der Waals surface area contributed by atoms with E-state index in [0.29, 0.717) is 11.7 Å². The number of alkyl halides is 1. The van der Waals surface area contributed by atoms with Crippen LogP contribution in [-0.2, 0) is 4.79 Å². The van der Waals surface area contributed by atoms with Crippen LogP contribution in [-0.4, -0.2) is 23.3 Å². The number of carbonyl (C=O) groups excluding carboxylic acids is 1. The fraction of sp³-hybridized carbons (Fsp3) is 0.231. The molecule has 1 heterocycles. The van der Waals surface area contributed by atoms with E-state index in [9.17, 15) is 9.18 Å². The molecule has 0 aliphatic heterocycles. The van der Waals surface area contributed by atoms with Crippen LogP contribution in [0.1, 0.15) is 6.92 Å². The van der Waals surface area contributed by atoms with Gasteiger partial charge in [-0.15, -0.1) is 22.9 Å². The van der Waals surface area contributed by atoms with E-state index < -0.39 is 0 Å². The highest BCUT2D eigenvalue weighted by atomic mass is 35.5. The Bertz CT molecular complexity index is 570. The van der Waals surface area contributed by atoms with E-state index in [1.54, 1.807) is 12.1 Å². The smallest absolute Gasteiger partial charge is 0.243 e. The maximum atomic E-state index is 12.9. The molecule has 2 rings (SSSR count). The van der Waals surface area contributed by atoms with Crippen LogP contribution in [0.4, 0.5) is 9.52 Å². The Morgan fingerprint density at radius 1 is 1.42 bits per heavy atom. The van der Waals surface area contributed by atoms with Gasteiger partial charge in [-0.2, -0.15) is 0 Å². The van der Waals surface area contributed by atoms with Crippen LogP contribution in [0.5, 0.6) is 0 Å². The van der Waals surface area contributed by atoms with E-state index in [-0.39, 0.29) is 17.6 Å². The van der Waals surface area contributed by atoms with Gasteiger partial charge < -0.3 is 0 Å². The van der Waals surface area contributed by atoms with E-state index >= 15 is 0 Å². The summed E-state index contributed by atoms with van der Waals surface area (Å²) in [7, 11) is 0. The molecule has 6 heteroatoms. The summed E-state index contributed by atoms with van der Waals surface area (Å²) in [5, 5.41) is 2.44. The number of carbonyl (C=O) groups is 1. The van der Waals surface area contributed by atoms with Crippen LogP contribution in [0.3, 0.4) is 0 Å². The molecule has 100 valence electrons. The summed E-state index contributed by atoms with van der Waals surface area (Å²) in [6.45, 7) is 2.38. The van der Waals surface area contributed by atoms with Gasteiger partial charge in [0.05, 0.1) is 5.69 Å². The number of hydrogen-bond acceptors (Lipinski definition) is 3. The number of aromatic nitrogens is 1. The molecule has 19 heavy (non-hydrogen) atoms. The molecule has 1 aromatic heterocycles. The van der Waals surface area contributed by atoms with E-state index in [1.807, 2.05) is 12.3 Å². The fourth-order valence-corrected chi connectivity index (χ4v) is 2.69. The molecule has 0 unspecified atom stereocenters. The van der Waals surface area contributed by atoms with Crippen molar-refractivity contribution in [2.45, 2.75) is 6.92 Å². The minimum absolute atomic E-state index is 0.0701. The number of rotatable bonds is 4. The first-order valence-corrected chi connectivity index (χ1v) is 7.15. The summed E-state index contributed by atoms with van der Waals surface area (Å²) < 4.78 is 12.9. The molecule has 0 aliphatic rings. The highest BCUT2D eigenvalue weighted by Crippen LogP contribution is 2.27. The minimum atomic E-state index is -0.285. The highest BCUT2D eigenvalue weighted by Gasteiger charge is 2.16. The number of benzene rings is 1. The van der Waals surface area contributed by atoms with Crippen LogP contribution in [0.25, 0.3) is 11.3 Å². The van der Waals surface area contributed by atoms with Crippen molar-refractivity contribution in [3.8, 4) is 11.3 Å². The molecule has 0 saturated heterocycles. The zero-order chi connectivity index (χ0) is 13.8. The first-order chi connectivity index (χ1) is 9.15. The second-order valence-electron chi connectivity index (χ2n) is 3.79. The van der Waals surface area contributed by atoms with E-state index in [4.69, 9.17) is 11.6 Å². The summed E-state index contributed by atoms with van der Waals surface area (Å²) in [6, 6.07) is 6.09. The molecule has 0 atom stereocenters. The molecule has 0 fully saturated rings. The largest absolute Gasteiger partial charge is 0.287 e. The number of hydrogen-bond donors (Lipinski definition) is 0. The molecule has 0 spiro atoms. The molecular weight excluding hydrogens is 287 g/mol. The molecule has 3 nitrogen and oxygen atoms in total. The summed E-state index contributed by atoms with van der Waals surface area (Å²) in [4.78, 5) is 17.6. The lowest BCUT2D eigenvalue weighted by atomic mass is 10.2. The molecule has 0 aliphatic carbocycles. The van der Waals surface area contributed by atoms with E-state index in [0.717, 1.165) is 11.3 Å². The van der Waals surface area contributed by atoms with Crippen molar-refractivity contribution < 1.29 is 9.18 Å². The Morgan fingerprint density at radius 3 is 2.68 bits per heavy atom. The average molecular weight is 299 g/mol. The van der Waals surface area contributed by atoms with Gasteiger partial charge in [0.25, 0.3) is 0 Å². The van der Waals surface area contributed by atoms with Gasteiger partial charge in [-0.05, 0) is 31.2 Å². The normalized spacial score (nSPS) is 10.5. The van der Waals surface area contributed by atoms with E-state index in [1.165, 1.54) is 28.4 Å². The van der Waals surface area contributed by atoms with Gasteiger partial charge in [-0.25, -0.2) is 9.37 Å². The van der Waals surface area contributed by atoms with Gasteiger partial charge in [0.1, 0.15) is 11.7 Å². The molecule has 2 aromatic rings. The van der Waals surface area contributed by atoms with Crippen molar-refractivity contribution in [3.63, 3.8) is 0 Å². The van der Waals surface area contributed by atoms with Crippen molar-refractivity contribution in [3.05, 3.63) is 35.5 Å². The predicted molar refractivity (Wildman–Crippen MR) is 76.3 cm³/mol. The van der Waals surface area contributed by atoms with Crippen LogP contribution < -0.4 is 4.90 Å². The van der Waals surface area contributed by atoms with Crippen molar-refractivity contribution in [1.82, 2.24) is 4.98 Å². The third kappa shape index (κ3) is 3.11. The Kier molecular flexibility index (Phi) is 4.50. The standard InChI is InChI=1S/C13H12ClFN2OS/c1-2-17(12(18)7-14)13-16-11(8-19-13)9-3-5-10(15)6-4-9/h3-6,8H,2,7H2,1H3. The van der Waals surface area contributed by atoms with Crippen LogP contribution >= 0.6 is 22.9 Å². The molecule has 1 aromatic carbocycles. The Balaban J connectivity index is 2.27. The number of anilines is 1. The molecule has 0 bridgehead atoms. The Hall–Kier alpha value is -1.46. The molecule has 0 radical (unpaired) electrons. The molecular formula is C13H12ClFN2OS. The van der Waals surface area contributed by atoms with Crippen LogP contribution in [0.15, 0.2) is 29.6 Å². The molecule has 1 amide bonds. The zero-order valence-corrected chi connectivity index (χ0v) is 11.8. The quantitative estimate of drug-likeness (QED) is 0.809. The van der Waals surface area contributed by atoms with Gasteiger partial charge in [-0.1, -0.05) is 0 Å². The van der Waals surface area contributed by atoms with Crippen LogP contribution in [0, 0.1) is 5.82 Å². The molecule has 0 N–H and O–H groups in total. The minimum Gasteiger partial charge on any atom is -0.287 e. The third-order valence-corrected chi connectivity index (χ3v) is 3.69. The Morgan fingerprint density at radius 2 is 2.11 bits per heavy atom. The lowest BCUT2D eigenvalue weighted by Gasteiger charge is -2.15. The van der Waals surface area contributed by atoms with Crippen molar-refractivity contribution in [2.24, 2.45) is 0 Å². The van der Waals surface area contributed by atoms with Crippen LogP contribution in [0.2, 0.25) is 0 Å². The second kappa shape index (κ2) is 6.12. The lowest BCUT2D eigenvalue weighted by Crippen LogP contribution is -2.31. The first kappa shape index (κ1) is 14.0. The number of halogens is 2. The van der Waals surface area contributed by atoms with Crippen molar-refractivity contribution in [1.29, 1.82) is 0 Å². The van der Waals surface area contributed by atoms with Gasteiger partial charge in [0, 0.05) is 17.5 Å². The lowest BCUT2D eigenvalue weighted by molar-refractivity contribution is -0.116. The highest BCUT2D eigenvalue weighted by molar-refractivity contribution is 7.14.